The molecular weight excluding hydrogens is 494 g/mol. The molecule has 13 heteroatoms. The maximum atomic E-state index is 12.5. The van der Waals surface area contributed by atoms with Gasteiger partial charge in [0.25, 0.3) is 0 Å². The average Bonchev–Trinajstić information content (AvgIpc) is 3.04. The number of rotatable bonds is 7. The zero-order valence-electron chi connectivity index (χ0n) is 21.7. The predicted molar refractivity (Wildman–Crippen MR) is 142 cm³/mol. The number of hydrogen-bond acceptors (Lipinski definition) is 9. The van der Waals surface area contributed by atoms with Gasteiger partial charge in [-0.3, -0.25) is 10.3 Å². The van der Waals surface area contributed by atoms with Crippen LogP contribution in [0.4, 0.5) is 10.7 Å². The first-order chi connectivity index (χ1) is 17.6. The van der Waals surface area contributed by atoms with E-state index in [0.717, 1.165) is 33.5 Å². The summed E-state index contributed by atoms with van der Waals surface area (Å²) in [5.41, 5.74) is 13.0. The van der Waals surface area contributed by atoms with Gasteiger partial charge in [0.2, 0.25) is 5.95 Å². The van der Waals surface area contributed by atoms with Crippen LogP contribution in [-0.2, 0) is 11.3 Å². The number of anilines is 1. The van der Waals surface area contributed by atoms with E-state index in [1.165, 1.54) is 11.8 Å². The number of pyridine rings is 1. The molecule has 0 fully saturated rings. The number of azide groups is 1. The molecule has 0 radical (unpaired) electrons. The quantitative estimate of drug-likeness (QED) is 0.186. The van der Waals surface area contributed by atoms with Gasteiger partial charge in [0, 0.05) is 34.5 Å². The molecule has 1 amide bonds. The highest BCUT2D eigenvalue weighted by Crippen LogP contribution is 2.36. The second-order valence-corrected chi connectivity index (χ2v) is 10.5. The summed E-state index contributed by atoms with van der Waals surface area (Å²) < 4.78 is 12.7. The molecule has 4 rings (SSSR count). The number of nitrogens with one attached hydrogen (secondary N) is 1. The summed E-state index contributed by atoms with van der Waals surface area (Å²) in [6, 6.07) is 0. The van der Waals surface area contributed by atoms with Gasteiger partial charge < -0.3 is 9.47 Å². The van der Waals surface area contributed by atoms with Crippen molar-refractivity contribution in [2.75, 3.05) is 24.7 Å². The highest BCUT2D eigenvalue weighted by molar-refractivity contribution is 7.99. The second-order valence-electron chi connectivity index (χ2n) is 9.56. The van der Waals surface area contributed by atoms with Gasteiger partial charge in [0.15, 0.2) is 5.65 Å². The number of aromatic nitrogens is 5. The Morgan fingerprint density at radius 3 is 2.81 bits per heavy atom. The normalized spacial score (nSPS) is 13.0. The predicted octanol–water partition coefficient (Wildman–Crippen LogP) is 5.43. The van der Waals surface area contributed by atoms with Crippen LogP contribution >= 0.6 is 11.8 Å². The van der Waals surface area contributed by atoms with Gasteiger partial charge >= 0.3 is 6.09 Å². The van der Waals surface area contributed by atoms with Crippen LogP contribution in [0.5, 0.6) is 5.75 Å². The lowest BCUT2D eigenvalue weighted by molar-refractivity contribution is 0.0634. The Morgan fingerprint density at radius 2 is 2.11 bits per heavy atom. The van der Waals surface area contributed by atoms with E-state index in [1.54, 1.807) is 38.8 Å². The molecule has 0 aliphatic carbocycles. The molecule has 194 valence electrons. The van der Waals surface area contributed by atoms with E-state index in [-0.39, 0.29) is 5.95 Å². The van der Waals surface area contributed by atoms with Gasteiger partial charge in [-0.15, -0.1) is 11.8 Å². The third-order valence-corrected chi connectivity index (χ3v) is 6.66. The van der Waals surface area contributed by atoms with Crippen LogP contribution in [0.15, 0.2) is 21.9 Å². The fraction of sp³-hybridized carbons (Fsp3) is 0.458. The maximum Gasteiger partial charge on any atom is 0.414 e. The number of carbonyl (C=O) groups is 1. The van der Waals surface area contributed by atoms with Crippen LogP contribution in [0.3, 0.4) is 0 Å². The number of carbonyl (C=O) groups excluding carboxylic acids is 1. The Bertz CT molecular complexity index is 1440. The van der Waals surface area contributed by atoms with Crippen LogP contribution in [0.2, 0.25) is 0 Å². The molecule has 1 aliphatic heterocycles. The molecule has 3 aromatic heterocycles. The van der Waals surface area contributed by atoms with E-state index in [1.807, 2.05) is 19.9 Å². The van der Waals surface area contributed by atoms with E-state index >= 15 is 0 Å². The van der Waals surface area contributed by atoms with Crippen LogP contribution in [0.25, 0.3) is 27.6 Å². The van der Waals surface area contributed by atoms with E-state index in [2.05, 4.69) is 30.3 Å². The zero-order chi connectivity index (χ0) is 26.7. The van der Waals surface area contributed by atoms with Gasteiger partial charge in [0.1, 0.15) is 16.4 Å². The molecule has 0 saturated carbocycles. The minimum absolute atomic E-state index is 0.126. The standard InChI is InChI=1S/C24H29N9O3S/c1-13-10-26-17(14(2)19(13)35-6)11-33-20-18-16(31-33)9-15(7-8-27-32-25)12-37-21(18)29-22(28-20)30-23(34)36-24(3,4)5/h9-10H,7-8,11-12H2,1-6H3,(H,28,29,30,34). The summed E-state index contributed by atoms with van der Waals surface area (Å²) in [6.07, 6.45) is 3.73. The van der Waals surface area contributed by atoms with Crippen molar-refractivity contribution in [1.29, 1.82) is 0 Å². The summed E-state index contributed by atoms with van der Waals surface area (Å²) in [4.78, 5) is 29.2. The first-order valence-electron chi connectivity index (χ1n) is 11.7. The smallest absolute Gasteiger partial charge is 0.414 e. The largest absolute Gasteiger partial charge is 0.496 e. The topological polar surface area (TPSA) is 153 Å². The molecule has 0 spiro atoms. The Balaban J connectivity index is 1.79. The van der Waals surface area contributed by atoms with Crippen molar-refractivity contribution in [3.8, 4) is 5.75 Å². The van der Waals surface area contributed by atoms with E-state index in [9.17, 15) is 4.79 Å². The first kappa shape index (κ1) is 26.2. The summed E-state index contributed by atoms with van der Waals surface area (Å²) >= 11 is 1.52. The van der Waals surface area contributed by atoms with Gasteiger partial charge in [0.05, 0.1) is 30.4 Å². The Morgan fingerprint density at radius 1 is 1.32 bits per heavy atom. The van der Waals surface area contributed by atoms with Gasteiger partial charge in [-0.05, 0) is 52.6 Å². The van der Waals surface area contributed by atoms with Crippen molar-refractivity contribution < 1.29 is 14.3 Å². The summed E-state index contributed by atoms with van der Waals surface area (Å²) in [5, 5.41) is 12.6. The molecule has 0 bridgehead atoms. The van der Waals surface area contributed by atoms with E-state index in [4.69, 9.17) is 20.1 Å². The lowest BCUT2D eigenvalue weighted by Gasteiger charge is -2.19. The number of hydrogen-bond donors (Lipinski definition) is 1. The summed E-state index contributed by atoms with van der Waals surface area (Å²) in [6.45, 7) is 9.97. The van der Waals surface area contributed by atoms with E-state index < -0.39 is 11.7 Å². The lowest BCUT2D eigenvalue weighted by atomic mass is 10.1. The monoisotopic (exact) mass is 523 g/mol. The first-order valence-corrected chi connectivity index (χ1v) is 12.7. The molecule has 1 N–H and O–H groups in total. The number of thioether (sulfide) groups is 1. The fourth-order valence-corrected chi connectivity index (χ4v) is 5.03. The number of methoxy groups -OCH3 is 1. The van der Waals surface area contributed by atoms with E-state index in [0.29, 0.717) is 41.6 Å². The molecule has 37 heavy (non-hydrogen) atoms. The minimum Gasteiger partial charge on any atom is -0.496 e. The second kappa shape index (κ2) is 10.7. The number of nitrogens with zero attached hydrogens (tertiary/aromatic N) is 8. The van der Waals surface area contributed by atoms with Crippen LogP contribution in [-0.4, -0.2) is 55.8 Å². The van der Waals surface area contributed by atoms with Gasteiger partial charge in [-0.2, -0.15) is 10.1 Å². The van der Waals surface area contributed by atoms with Crippen LogP contribution in [0.1, 0.15) is 49.7 Å². The number of ether oxygens (including phenoxy) is 2. The highest BCUT2D eigenvalue weighted by Gasteiger charge is 2.24. The van der Waals surface area contributed by atoms with Crippen LogP contribution < -0.4 is 10.1 Å². The Hall–Kier alpha value is -3.83. The molecule has 1 aliphatic rings. The highest BCUT2D eigenvalue weighted by atomic mass is 32.2. The van der Waals surface area contributed by atoms with Crippen molar-refractivity contribution >= 4 is 40.9 Å². The van der Waals surface area contributed by atoms with Gasteiger partial charge in [-0.1, -0.05) is 10.7 Å². The molecule has 0 unspecified atom stereocenters. The number of aryl methyl sites for hydroxylation is 1. The van der Waals surface area contributed by atoms with Crippen molar-refractivity contribution in [3.63, 3.8) is 0 Å². The van der Waals surface area contributed by atoms with Gasteiger partial charge in [-0.25, -0.2) is 14.5 Å². The number of amides is 1. The lowest BCUT2D eigenvalue weighted by Crippen LogP contribution is -2.28. The Labute approximate surface area is 218 Å². The summed E-state index contributed by atoms with van der Waals surface area (Å²) in [5.74, 6) is 1.55. The SMILES string of the molecule is COc1c(C)cnc(Cn2nc3c4c(nc(NC(=O)OC(C)(C)C)nc42)SCC(CCN=[N+]=[N-])=C3)c1C. The average molecular weight is 524 g/mol. The van der Waals surface area contributed by atoms with Crippen LogP contribution in [0, 0.1) is 13.8 Å². The molecule has 0 saturated heterocycles. The molecule has 12 nitrogen and oxygen atoms in total. The Kier molecular flexibility index (Phi) is 7.55. The molecule has 0 atom stereocenters. The zero-order valence-corrected chi connectivity index (χ0v) is 22.5. The third kappa shape index (κ3) is 5.95. The third-order valence-electron chi connectivity index (χ3n) is 5.58. The molecule has 4 heterocycles. The van der Waals surface area contributed by atoms with Crippen molar-refractivity contribution in [1.82, 2.24) is 24.7 Å². The van der Waals surface area contributed by atoms with Crippen molar-refractivity contribution in [2.45, 2.75) is 58.2 Å². The van der Waals surface area contributed by atoms with Crippen molar-refractivity contribution in [3.05, 3.63) is 44.7 Å². The molecular formula is C24H29N9O3S. The molecule has 0 aromatic carbocycles. The minimum atomic E-state index is -0.665. The fourth-order valence-electron chi connectivity index (χ4n) is 3.98. The van der Waals surface area contributed by atoms with Crippen molar-refractivity contribution in [2.24, 2.45) is 5.11 Å². The molecule has 3 aromatic rings. The summed E-state index contributed by atoms with van der Waals surface area (Å²) in [7, 11) is 1.64. The maximum absolute atomic E-state index is 12.5.